The molecule has 0 radical (unpaired) electrons. The van der Waals surface area contributed by atoms with Crippen LogP contribution in [0.1, 0.15) is 23.5 Å². The number of carbonyl (C=O) groups is 2. The monoisotopic (exact) mass is 301 g/mol. The lowest BCUT2D eigenvalue weighted by Gasteiger charge is -2.13. The number of hydrogen-bond acceptors (Lipinski definition) is 7. The van der Waals surface area contributed by atoms with E-state index in [4.69, 9.17) is 20.6 Å². The van der Waals surface area contributed by atoms with Gasteiger partial charge in [-0.15, -0.1) is 11.3 Å². The molecule has 0 bridgehead atoms. The molecule has 1 unspecified atom stereocenters. The number of amidine groups is 1. The first-order chi connectivity index (χ1) is 9.43. The Labute approximate surface area is 119 Å². The Kier molecular flexibility index (Phi) is 5.94. The number of thiophene rings is 1. The fourth-order valence-electron chi connectivity index (χ4n) is 1.30. The van der Waals surface area contributed by atoms with E-state index in [0.29, 0.717) is 10.4 Å². The van der Waals surface area contributed by atoms with Crippen molar-refractivity contribution in [2.75, 3.05) is 13.7 Å². The van der Waals surface area contributed by atoms with Crippen LogP contribution in [0.2, 0.25) is 0 Å². The summed E-state index contributed by atoms with van der Waals surface area (Å²) in [6, 6.07) is 1.62. The van der Waals surface area contributed by atoms with Crippen LogP contribution in [-0.4, -0.2) is 31.6 Å². The van der Waals surface area contributed by atoms with Gasteiger partial charge in [-0.3, -0.25) is 10.2 Å². The SMILES string of the molecule is COCC(OC(N)=O)c1cc(C(=N)NOC(C)=O)cs1. The van der Waals surface area contributed by atoms with Crippen molar-refractivity contribution >= 4 is 29.2 Å². The third-order valence-electron chi connectivity index (χ3n) is 2.10. The zero-order valence-electron chi connectivity index (χ0n) is 11.0. The average molecular weight is 301 g/mol. The summed E-state index contributed by atoms with van der Waals surface area (Å²) < 4.78 is 9.86. The van der Waals surface area contributed by atoms with E-state index in [1.54, 1.807) is 11.4 Å². The molecule has 0 aliphatic rings. The number of methoxy groups -OCH3 is 1. The van der Waals surface area contributed by atoms with Crippen LogP contribution in [0.25, 0.3) is 0 Å². The van der Waals surface area contributed by atoms with Crippen LogP contribution in [0.3, 0.4) is 0 Å². The van der Waals surface area contributed by atoms with Crippen LogP contribution in [0, 0.1) is 5.41 Å². The van der Waals surface area contributed by atoms with Crippen molar-refractivity contribution in [3.8, 4) is 0 Å². The Morgan fingerprint density at radius 2 is 2.25 bits per heavy atom. The summed E-state index contributed by atoms with van der Waals surface area (Å²) in [6.07, 6.45) is -1.55. The molecule has 0 aromatic carbocycles. The number of hydrogen-bond donors (Lipinski definition) is 3. The highest BCUT2D eigenvalue weighted by Crippen LogP contribution is 2.25. The van der Waals surface area contributed by atoms with Gasteiger partial charge in [0, 0.05) is 29.9 Å². The Balaban J connectivity index is 2.75. The number of carbonyl (C=O) groups excluding carboxylic acids is 2. The van der Waals surface area contributed by atoms with Crippen LogP contribution >= 0.6 is 11.3 Å². The lowest BCUT2D eigenvalue weighted by Crippen LogP contribution is -2.25. The number of amides is 1. The van der Waals surface area contributed by atoms with Gasteiger partial charge in [-0.2, -0.15) is 0 Å². The topological polar surface area (TPSA) is 124 Å². The molecule has 1 rings (SSSR count). The maximum Gasteiger partial charge on any atom is 0.405 e. The van der Waals surface area contributed by atoms with E-state index in [1.807, 2.05) is 0 Å². The molecule has 8 nitrogen and oxygen atoms in total. The molecule has 0 saturated carbocycles. The summed E-state index contributed by atoms with van der Waals surface area (Å²) in [7, 11) is 1.47. The lowest BCUT2D eigenvalue weighted by molar-refractivity contribution is -0.145. The lowest BCUT2D eigenvalue weighted by atomic mass is 10.2. The molecule has 1 aromatic heterocycles. The normalized spacial score (nSPS) is 11.5. The van der Waals surface area contributed by atoms with E-state index in [-0.39, 0.29) is 12.4 Å². The molecular weight excluding hydrogens is 286 g/mol. The summed E-state index contributed by atoms with van der Waals surface area (Å²) in [5, 5.41) is 9.33. The first-order valence-electron chi connectivity index (χ1n) is 5.49. The number of primary amides is 1. The number of rotatable bonds is 5. The van der Waals surface area contributed by atoms with Crippen molar-refractivity contribution in [3.63, 3.8) is 0 Å². The minimum Gasteiger partial charge on any atom is -0.438 e. The van der Waals surface area contributed by atoms with Crippen LogP contribution in [0.5, 0.6) is 0 Å². The van der Waals surface area contributed by atoms with Crippen molar-refractivity contribution < 1.29 is 23.9 Å². The highest BCUT2D eigenvalue weighted by Gasteiger charge is 2.18. The molecule has 1 heterocycles. The van der Waals surface area contributed by atoms with E-state index in [2.05, 4.69) is 10.3 Å². The molecule has 9 heteroatoms. The van der Waals surface area contributed by atoms with Crippen LogP contribution in [-0.2, 0) is 19.1 Å². The second kappa shape index (κ2) is 7.46. The zero-order valence-corrected chi connectivity index (χ0v) is 11.8. The van der Waals surface area contributed by atoms with Crippen LogP contribution in [0.4, 0.5) is 4.79 Å². The number of nitrogens with one attached hydrogen (secondary N) is 2. The average Bonchev–Trinajstić information content (AvgIpc) is 2.84. The third-order valence-corrected chi connectivity index (χ3v) is 3.12. The van der Waals surface area contributed by atoms with Crippen LogP contribution in [0.15, 0.2) is 11.4 Å². The second-order valence-corrected chi connectivity index (χ2v) is 4.63. The predicted molar refractivity (Wildman–Crippen MR) is 71.3 cm³/mol. The largest absolute Gasteiger partial charge is 0.438 e. The quantitative estimate of drug-likeness (QED) is 0.422. The molecule has 1 amide bonds. The Morgan fingerprint density at radius 1 is 1.55 bits per heavy atom. The first-order valence-corrected chi connectivity index (χ1v) is 6.37. The van der Waals surface area contributed by atoms with E-state index in [0.717, 1.165) is 0 Å². The number of hydroxylamine groups is 1. The van der Waals surface area contributed by atoms with Crippen molar-refractivity contribution in [1.82, 2.24) is 5.48 Å². The minimum atomic E-state index is -0.907. The van der Waals surface area contributed by atoms with Gasteiger partial charge in [0.05, 0.1) is 6.61 Å². The highest BCUT2D eigenvalue weighted by molar-refractivity contribution is 7.10. The molecule has 0 spiro atoms. The Hall–Kier alpha value is -2.13. The molecule has 20 heavy (non-hydrogen) atoms. The van der Waals surface area contributed by atoms with Crippen LogP contribution < -0.4 is 11.2 Å². The number of ether oxygens (including phenoxy) is 2. The van der Waals surface area contributed by atoms with Gasteiger partial charge in [0.2, 0.25) is 0 Å². The summed E-state index contributed by atoms with van der Waals surface area (Å²) in [5.74, 6) is -0.641. The fraction of sp³-hybridized carbons (Fsp3) is 0.364. The van der Waals surface area contributed by atoms with Gasteiger partial charge in [-0.05, 0) is 6.07 Å². The second-order valence-electron chi connectivity index (χ2n) is 3.69. The summed E-state index contributed by atoms with van der Waals surface area (Å²) in [4.78, 5) is 26.6. The van der Waals surface area contributed by atoms with Gasteiger partial charge in [-0.1, -0.05) is 0 Å². The van der Waals surface area contributed by atoms with Gasteiger partial charge < -0.3 is 20.0 Å². The minimum absolute atomic E-state index is 0.0852. The molecule has 110 valence electrons. The smallest absolute Gasteiger partial charge is 0.405 e. The van der Waals surface area contributed by atoms with Crippen molar-refractivity contribution in [2.24, 2.45) is 5.73 Å². The maximum atomic E-state index is 10.8. The van der Waals surface area contributed by atoms with Crippen molar-refractivity contribution in [1.29, 1.82) is 5.41 Å². The molecule has 0 aliphatic carbocycles. The molecule has 1 aromatic rings. The molecular formula is C11H15N3O5S. The standard InChI is InChI=1S/C11H15N3O5S/c1-6(15)19-14-10(12)7-3-9(20-5-7)8(4-17-2)18-11(13)16/h3,5,8H,4H2,1-2H3,(H2,12,14)(H2,13,16). The molecule has 1 atom stereocenters. The zero-order chi connectivity index (χ0) is 15.1. The van der Waals surface area contributed by atoms with Gasteiger partial charge in [-0.25, -0.2) is 10.3 Å². The Bertz CT molecular complexity index is 502. The van der Waals surface area contributed by atoms with Crippen molar-refractivity contribution in [2.45, 2.75) is 13.0 Å². The molecule has 4 N–H and O–H groups in total. The maximum absolute atomic E-state index is 10.8. The fourth-order valence-corrected chi connectivity index (χ4v) is 2.21. The molecule has 0 saturated heterocycles. The van der Waals surface area contributed by atoms with Gasteiger partial charge in [0.1, 0.15) is 0 Å². The van der Waals surface area contributed by atoms with E-state index < -0.39 is 18.2 Å². The summed E-state index contributed by atoms with van der Waals surface area (Å²) in [6.45, 7) is 1.36. The molecule has 0 fully saturated rings. The Morgan fingerprint density at radius 3 is 2.80 bits per heavy atom. The number of nitrogens with two attached hydrogens (primary N) is 1. The van der Waals surface area contributed by atoms with Crippen molar-refractivity contribution in [3.05, 3.63) is 21.9 Å². The van der Waals surface area contributed by atoms with Gasteiger partial charge >= 0.3 is 12.1 Å². The highest BCUT2D eigenvalue weighted by atomic mass is 32.1. The van der Waals surface area contributed by atoms with E-state index in [9.17, 15) is 9.59 Å². The first kappa shape index (κ1) is 15.9. The van der Waals surface area contributed by atoms with Gasteiger partial charge in [0.15, 0.2) is 11.9 Å². The molecule has 0 aliphatic heterocycles. The summed E-state index contributed by atoms with van der Waals surface area (Å²) in [5.41, 5.74) is 7.67. The third kappa shape index (κ3) is 4.86. The van der Waals surface area contributed by atoms with E-state index in [1.165, 1.54) is 25.4 Å². The predicted octanol–water partition coefficient (Wildman–Crippen LogP) is 0.924. The summed E-state index contributed by atoms with van der Waals surface area (Å²) >= 11 is 1.27. The van der Waals surface area contributed by atoms with E-state index >= 15 is 0 Å². The van der Waals surface area contributed by atoms with Gasteiger partial charge in [0.25, 0.3) is 0 Å².